The van der Waals surface area contributed by atoms with Crippen molar-refractivity contribution < 1.29 is 9.18 Å². The van der Waals surface area contributed by atoms with Gasteiger partial charge in [-0.2, -0.15) is 0 Å². The summed E-state index contributed by atoms with van der Waals surface area (Å²) in [5, 5.41) is 0. The average molecular weight is 413 g/mol. The lowest BCUT2D eigenvalue weighted by atomic mass is 9.90. The molecule has 1 fully saturated rings. The number of ketones is 1. The summed E-state index contributed by atoms with van der Waals surface area (Å²) in [6.45, 7) is 2.32. The van der Waals surface area contributed by atoms with E-state index in [2.05, 4.69) is 23.2 Å². The van der Waals surface area contributed by atoms with Gasteiger partial charge in [0.25, 0.3) is 0 Å². The third-order valence-electron chi connectivity index (χ3n) is 6.15. The fourth-order valence-electron chi connectivity index (χ4n) is 4.35. The number of carbonyl (C=O) groups is 1. The first-order chi connectivity index (χ1) is 15.2. The van der Waals surface area contributed by atoms with Gasteiger partial charge in [-0.25, -0.2) is 9.37 Å². The lowest BCUT2D eigenvalue weighted by Gasteiger charge is -2.31. The van der Waals surface area contributed by atoms with E-state index in [4.69, 9.17) is 4.98 Å². The second kappa shape index (κ2) is 8.44. The number of halogens is 1. The van der Waals surface area contributed by atoms with Crippen molar-refractivity contribution in [3.05, 3.63) is 96.1 Å². The zero-order valence-electron chi connectivity index (χ0n) is 17.2. The normalized spacial score (nSPS) is 15.4. The highest BCUT2D eigenvalue weighted by Crippen LogP contribution is 2.29. The fourth-order valence-corrected chi connectivity index (χ4v) is 4.35. The standard InChI is InChI=1S/C26H24FN3O/c27-23-8-6-20(7-9-23)24-17-30-15-12-22(16-26(30)28-24)19-10-13-29(14-11-19)18-25(31)21-4-2-1-3-5-21/h1-9,12,15-17,19H,10-11,13-14,18H2. The van der Waals surface area contributed by atoms with E-state index in [-0.39, 0.29) is 11.6 Å². The number of hydrogen-bond acceptors (Lipinski definition) is 3. The second-order valence-corrected chi connectivity index (χ2v) is 8.20. The average Bonchev–Trinajstić information content (AvgIpc) is 3.24. The minimum Gasteiger partial charge on any atom is -0.306 e. The fraction of sp³-hybridized carbons (Fsp3) is 0.231. The predicted molar refractivity (Wildman–Crippen MR) is 120 cm³/mol. The number of benzene rings is 2. The predicted octanol–water partition coefficient (Wildman–Crippen LogP) is 5.20. The molecule has 0 aliphatic carbocycles. The van der Waals surface area contributed by atoms with E-state index in [9.17, 15) is 9.18 Å². The Balaban J connectivity index is 1.25. The molecule has 2 aromatic carbocycles. The Labute approximate surface area is 181 Å². The molecule has 4 nitrogen and oxygen atoms in total. The van der Waals surface area contributed by atoms with Crippen molar-refractivity contribution in [3.8, 4) is 11.3 Å². The van der Waals surface area contributed by atoms with Crippen molar-refractivity contribution in [1.29, 1.82) is 0 Å². The molecule has 0 saturated carbocycles. The van der Waals surface area contributed by atoms with Gasteiger partial charge < -0.3 is 4.40 Å². The molecule has 0 radical (unpaired) electrons. The summed E-state index contributed by atoms with van der Waals surface area (Å²) in [5.74, 6) is 0.414. The van der Waals surface area contributed by atoms with Crippen molar-refractivity contribution in [3.63, 3.8) is 0 Å². The van der Waals surface area contributed by atoms with Crippen LogP contribution < -0.4 is 0 Å². The highest BCUT2D eigenvalue weighted by atomic mass is 19.1. The van der Waals surface area contributed by atoms with Gasteiger partial charge in [0.2, 0.25) is 0 Å². The molecule has 0 bridgehead atoms. The second-order valence-electron chi connectivity index (χ2n) is 8.20. The molecule has 1 aliphatic rings. The van der Waals surface area contributed by atoms with Crippen LogP contribution in [0.5, 0.6) is 0 Å². The summed E-state index contributed by atoms with van der Waals surface area (Å²) in [5.41, 5.74) is 4.72. The molecule has 2 aromatic heterocycles. The molecule has 0 spiro atoms. The Bertz CT molecular complexity index is 1190. The van der Waals surface area contributed by atoms with Gasteiger partial charge in [0.15, 0.2) is 5.78 Å². The molecule has 156 valence electrons. The lowest BCUT2D eigenvalue weighted by Crippen LogP contribution is -2.36. The molecule has 0 N–H and O–H groups in total. The van der Waals surface area contributed by atoms with Crippen LogP contribution >= 0.6 is 0 Å². The third-order valence-corrected chi connectivity index (χ3v) is 6.15. The van der Waals surface area contributed by atoms with Crippen molar-refractivity contribution in [2.75, 3.05) is 19.6 Å². The number of Topliss-reactive ketones (excluding diaryl/α,β-unsaturated/α-hetero) is 1. The first kappa shape index (κ1) is 19.6. The van der Waals surface area contributed by atoms with Crippen LogP contribution in [0.15, 0.2) is 79.1 Å². The van der Waals surface area contributed by atoms with E-state index in [1.165, 1.54) is 17.7 Å². The van der Waals surface area contributed by atoms with Gasteiger partial charge in [-0.05, 0) is 73.8 Å². The number of fused-ring (bicyclic) bond motifs is 1. The Hall–Kier alpha value is -3.31. The number of pyridine rings is 1. The number of imidazole rings is 1. The van der Waals surface area contributed by atoms with Gasteiger partial charge in [0.05, 0.1) is 12.2 Å². The molecular formula is C26H24FN3O. The Morgan fingerprint density at radius 3 is 2.48 bits per heavy atom. The molecular weight excluding hydrogens is 389 g/mol. The van der Waals surface area contributed by atoms with E-state index in [0.29, 0.717) is 12.5 Å². The number of likely N-dealkylation sites (tertiary alicyclic amines) is 1. The molecule has 31 heavy (non-hydrogen) atoms. The molecule has 0 atom stereocenters. The van der Waals surface area contributed by atoms with Crippen LogP contribution in [0.4, 0.5) is 4.39 Å². The minimum atomic E-state index is -0.244. The number of piperidine rings is 1. The van der Waals surface area contributed by atoms with E-state index in [1.807, 2.05) is 40.9 Å². The summed E-state index contributed by atoms with van der Waals surface area (Å²) in [4.78, 5) is 19.5. The van der Waals surface area contributed by atoms with Crippen LogP contribution in [0, 0.1) is 5.82 Å². The van der Waals surface area contributed by atoms with Gasteiger partial charge in [-0.3, -0.25) is 9.69 Å². The van der Waals surface area contributed by atoms with E-state index < -0.39 is 0 Å². The van der Waals surface area contributed by atoms with Crippen LogP contribution in [-0.2, 0) is 0 Å². The smallest absolute Gasteiger partial charge is 0.176 e. The highest BCUT2D eigenvalue weighted by Gasteiger charge is 2.23. The summed E-state index contributed by atoms with van der Waals surface area (Å²) in [6.07, 6.45) is 6.09. The molecule has 4 aromatic rings. The maximum absolute atomic E-state index is 13.2. The highest BCUT2D eigenvalue weighted by molar-refractivity contribution is 5.97. The van der Waals surface area contributed by atoms with Gasteiger partial charge in [0.1, 0.15) is 11.5 Å². The van der Waals surface area contributed by atoms with E-state index in [1.54, 1.807) is 12.1 Å². The maximum atomic E-state index is 13.2. The summed E-state index contributed by atoms with van der Waals surface area (Å²) in [7, 11) is 0. The van der Waals surface area contributed by atoms with Crippen molar-refractivity contribution in [1.82, 2.24) is 14.3 Å². The molecule has 3 heterocycles. The zero-order chi connectivity index (χ0) is 21.2. The van der Waals surface area contributed by atoms with Crippen LogP contribution in [-0.4, -0.2) is 39.7 Å². The Morgan fingerprint density at radius 2 is 1.74 bits per heavy atom. The van der Waals surface area contributed by atoms with Crippen LogP contribution in [0.25, 0.3) is 16.9 Å². The molecule has 1 aliphatic heterocycles. The van der Waals surface area contributed by atoms with Crippen LogP contribution in [0.3, 0.4) is 0 Å². The molecule has 5 rings (SSSR count). The number of carbonyl (C=O) groups excluding carboxylic acids is 1. The van der Waals surface area contributed by atoms with E-state index in [0.717, 1.165) is 48.4 Å². The van der Waals surface area contributed by atoms with E-state index >= 15 is 0 Å². The zero-order valence-corrected chi connectivity index (χ0v) is 17.2. The Morgan fingerprint density at radius 1 is 1.00 bits per heavy atom. The molecule has 0 unspecified atom stereocenters. The van der Waals surface area contributed by atoms with Crippen molar-refractivity contribution >= 4 is 11.4 Å². The van der Waals surface area contributed by atoms with Gasteiger partial charge in [-0.1, -0.05) is 30.3 Å². The van der Waals surface area contributed by atoms with Crippen molar-refractivity contribution in [2.45, 2.75) is 18.8 Å². The van der Waals surface area contributed by atoms with Crippen molar-refractivity contribution in [2.24, 2.45) is 0 Å². The van der Waals surface area contributed by atoms with Gasteiger partial charge in [-0.15, -0.1) is 0 Å². The summed E-state index contributed by atoms with van der Waals surface area (Å²) < 4.78 is 15.2. The Kier molecular flexibility index (Phi) is 5.35. The number of nitrogens with zero attached hydrogens (tertiary/aromatic N) is 3. The first-order valence-electron chi connectivity index (χ1n) is 10.7. The lowest BCUT2D eigenvalue weighted by molar-refractivity contribution is 0.0909. The molecule has 5 heteroatoms. The van der Waals surface area contributed by atoms with Gasteiger partial charge >= 0.3 is 0 Å². The number of aromatic nitrogens is 2. The van der Waals surface area contributed by atoms with Crippen LogP contribution in [0.1, 0.15) is 34.7 Å². The molecule has 0 amide bonds. The first-order valence-corrected chi connectivity index (χ1v) is 10.7. The quantitative estimate of drug-likeness (QED) is 0.422. The monoisotopic (exact) mass is 413 g/mol. The van der Waals surface area contributed by atoms with Crippen LogP contribution in [0.2, 0.25) is 0 Å². The number of hydrogen-bond donors (Lipinski definition) is 0. The largest absolute Gasteiger partial charge is 0.306 e. The molecule has 1 saturated heterocycles. The SMILES string of the molecule is O=C(CN1CCC(c2ccn3cc(-c4ccc(F)cc4)nc3c2)CC1)c1ccccc1. The minimum absolute atomic E-state index is 0.186. The summed E-state index contributed by atoms with van der Waals surface area (Å²) in [6, 6.07) is 20.3. The topological polar surface area (TPSA) is 37.6 Å². The maximum Gasteiger partial charge on any atom is 0.176 e. The number of rotatable bonds is 5. The summed E-state index contributed by atoms with van der Waals surface area (Å²) >= 11 is 0. The third kappa shape index (κ3) is 4.28. The van der Waals surface area contributed by atoms with Gasteiger partial charge in [0, 0.05) is 23.5 Å².